The van der Waals surface area contributed by atoms with Crippen LogP contribution >= 0.6 is 11.6 Å². The van der Waals surface area contributed by atoms with Crippen LogP contribution in [0.3, 0.4) is 0 Å². The third-order valence-corrected chi connectivity index (χ3v) is 6.20. The highest BCUT2D eigenvalue weighted by Crippen LogP contribution is 2.46. The number of ketones is 1. The van der Waals surface area contributed by atoms with E-state index in [1.54, 1.807) is 0 Å². The van der Waals surface area contributed by atoms with Crippen LogP contribution in [0, 0.1) is 0 Å². The van der Waals surface area contributed by atoms with Gasteiger partial charge in [0.15, 0.2) is 11.5 Å². The number of rotatable bonds is 3. The van der Waals surface area contributed by atoms with Crippen LogP contribution in [0.25, 0.3) is 22.2 Å². The first-order valence-electron chi connectivity index (χ1n) is 10.1. The zero-order valence-corrected chi connectivity index (χ0v) is 16.9. The van der Waals surface area contributed by atoms with Crippen molar-refractivity contribution < 1.29 is 9.32 Å². The average Bonchev–Trinajstić information content (AvgIpc) is 3.45. The maximum Gasteiger partial charge on any atom is 0.196 e. The Balaban J connectivity index is 1.63. The van der Waals surface area contributed by atoms with Crippen molar-refractivity contribution in [2.45, 2.75) is 12.8 Å². The number of aromatic nitrogens is 1. The van der Waals surface area contributed by atoms with E-state index >= 15 is 0 Å². The molecule has 1 saturated heterocycles. The van der Waals surface area contributed by atoms with Gasteiger partial charge in [-0.3, -0.25) is 4.79 Å². The maximum absolute atomic E-state index is 13.5. The van der Waals surface area contributed by atoms with E-state index < -0.39 is 0 Å². The van der Waals surface area contributed by atoms with E-state index in [0.717, 1.165) is 59.5 Å². The Labute approximate surface area is 178 Å². The molecule has 1 aliphatic heterocycles. The lowest BCUT2D eigenvalue weighted by atomic mass is 9.86. The van der Waals surface area contributed by atoms with E-state index in [1.807, 2.05) is 54.6 Å². The molecule has 4 aromatic rings. The van der Waals surface area contributed by atoms with Crippen molar-refractivity contribution in [1.29, 1.82) is 0 Å². The molecule has 0 saturated carbocycles. The summed E-state index contributed by atoms with van der Waals surface area (Å²) in [6.45, 7) is 1.95. The van der Waals surface area contributed by atoms with Crippen LogP contribution in [-0.4, -0.2) is 24.0 Å². The number of hydrogen-bond acceptors (Lipinski definition) is 5. The second kappa shape index (κ2) is 6.61. The summed E-state index contributed by atoms with van der Waals surface area (Å²) in [6, 6.07) is 17.1. The first-order valence-corrected chi connectivity index (χ1v) is 10.5. The normalized spacial score (nSPS) is 15.0. The molecule has 148 valence electrons. The average molecular weight is 416 g/mol. The minimum absolute atomic E-state index is 0.0178. The van der Waals surface area contributed by atoms with Crippen molar-refractivity contribution in [1.82, 2.24) is 5.16 Å². The molecule has 30 heavy (non-hydrogen) atoms. The monoisotopic (exact) mass is 415 g/mol. The van der Waals surface area contributed by atoms with Crippen LogP contribution in [0.5, 0.6) is 0 Å². The van der Waals surface area contributed by atoms with E-state index in [0.29, 0.717) is 21.9 Å². The summed E-state index contributed by atoms with van der Waals surface area (Å²) in [5.74, 6) is 0.645. The summed E-state index contributed by atoms with van der Waals surface area (Å²) in [6.07, 6.45) is 2.30. The molecule has 3 aromatic carbocycles. The summed E-state index contributed by atoms with van der Waals surface area (Å²) in [7, 11) is 0. The van der Waals surface area contributed by atoms with Gasteiger partial charge in [0, 0.05) is 34.9 Å². The number of halogens is 1. The fraction of sp³-hybridized carbons (Fsp3) is 0.167. The Morgan fingerprint density at radius 1 is 1.00 bits per heavy atom. The van der Waals surface area contributed by atoms with Crippen LogP contribution in [0.4, 0.5) is 17.1 Å². The predicted molar refractivity (Wildman–Crippen MR) is 119 cm³/mol. The number of anilines is 3. The van der Waals surface area contributed by atoms with Gasteiger partial charge in [0.05, 0.1) is 22.3 Å². The summed E-state index contributed by atoms with van der Waals surface area (Å²) < 4.78 is 5.82. The molecule has 1 fully saturated rings. The number of carbonyl (C=O) groups excluding carboxylic acids is 1. The molecule has 6 rings (SSSR count). The van der Waals surface area contributed by atoms with Gasteiger partial charge in [0.25, 0.3) is 0 Å². The molecule has 0 atom stereocenters. The van der Waals surface area contributed by atoms with Crippen LogP contribution in [0.1, 0.15) is 28.8 Å². The lowest BCUT2D eigenvalue weighted by Crippen LogP contribution is -2.19. The van der Waals surface area contributed by atoms with Gasteiger partial charge in [0.2, 0.25) is 0 Å². The van der Waals surface area contributed by atoms with Crippen molar-refractivity contribution in [2.24, 2.45) is 0 Å². The van der Waals surface area contributed by atoms with Gasteiger partial charge in [-0.1, -0.05) is 41.0 Å². The topological polar surface area (TPSA) is 58.4 Å². The zero-order chi connectivity index (χ0) is 20.2. The van der Waals surface area contributed by atoms with E-state index in [4.69, 9.17) is 16.1 Å². The number of carbonyl (C=O) groups is 1. The van der Waals surface area contributed by atoms with Crippen molar-refractivity contribution in [3.05, 3.63) is 70.7 Å². The Bertz CT molecular complexity index is 1300. The van der Waals surface area contributed by atoms with Gasteiger partial charge in [-0.2, -0.15) is 0 Å². The van der Waals surface area contributed by atoms with Crippen molar-refractivity contribution in [3.63, 3.8) is 0 Å². The molecule has 0 radical (unpaired) electrons. The largest absolute Gasteiger partial charge is 0.370 e. The Kier molecular flexibility index (Phi) is 3.86. The maximum atomic E-state index is 13.5. The van der Waals surface area contributed by atoms with Crippen LogP contribution in [0.2, 0.25) is 5.02 Å². The van der Waals surface area contributed by atoms with Gasteiger partial charge in [0.1, 0.15) is 5.52 Å². The van der Waals surface area contributed by atoms with Crippen molar-refractivity contribution >= 4 is 45.3 Å². The fourth-order valence-corrected chi connectivity index (χ4v) is 4.65. The molecule has 0 unspecified atom stereocenters. The van der Waals surface area contributed by atoms with Gasteiger partial charge < -0.3 is 14.7 Å². The van der Waals surface area contributed by atoms with Crippen LogP contribution < -0.4 is 10.2 Å². The molecule has 2 heterocycles. The molecule has 0 bridgehead atoms. The molecular formula is C24H18ClN3O2. The molecule has 1 aromatic heterocycles. The number of benzene rings is 3. The summed E-state index contributed by atoms with van der Waals surface area (Å²) >= 11 is 6.05. The molecule has 1 aliphatic carbocycles. The summed E-state index contributed by atoms with van der Waals surface area (Å²) in [4.78, 5) is 15.9. The first kappa shape index (κ1) is 17.5. The number of nitrogens with zero attached hydrogens (tertiary/aromatic N) is 2. The van der Waals surface area contributed by atoms with E-state index in [1.165, 1.54) is 0 Å². The Morgan fingerprint density at radius 2 is 1.73 bits per heavy atom. The highest BCUT2D eigenvalue weighted by Gasteiger charge is 2.34. The van der Waals surface area contributed by atoms with Gasteiger partial charge in [-0.05, 0) is 43.2 Å². The highest BCUT2D eigenvalue weighted by atomic mass is 35.5. The lowest BCUT2D eigenvalue weighted by molar-refractivity contribution is 0.104. The summed E-state index contributed by atoms with van der Waals surface area (Å²) in [5.41, 5.74) is 5.43. The second-order valence-electron chi connectivity index (χ2n) is 7.75. The van der Waals surface area contributed by atoms with Crippen molar-refractivity contribution in [2.75, 3.05) is 23.3 Å². The van der Waals surface area contributed by atoms with Gasteiger partial charge >= 0.3 is 0 Å². The Hall–Kier alpha value is -3.31. The third-order valence-electron chi connectivity index (χ3n) is 5.95. The fourth-order valence-electron chi connectivity index (χ4n) is 4.53. The standard InChI is InChI=1S/C24H18ClN3O2/c25-14-7-9-15(10-8-14)26-18-13-19(28-11-3-4-12-28)22-21-20(18)23(29)16-5-1-2-6-17(16)24(21)30-27-22/h1-2,5-10,13,26H,3-4,11-12H2. The van der Waals surface area contributed by atoms with Crippen LogP contribution in [-0.2, 0) is 0 Å². The molecule has 1 N–H and O–H groups in total. The second-order valence-corrected chi connectivity index (χ2v) is 8.19. The molecule has 6 heteroatoms. The lowest BCUT2D eigenvalue weighted by Gasteiger charge is -2.23. The van der Waals surface area contributed by atoms with E-state index in [2.05, 4.69) is 15.4 Å². The highest BCUT2D eigenvalue weighted by molar-refractivity contribution is 6.30. The molecule has 0 spiro atoms. The molecule has 2 aliphatic rings. The minimum Gasteiger partial charge on any atom is -0.370 e. The minimum atomic E-state index is -0.0178. The van der Waals surface area contributed by atoms with Gasteiger partial charge in [-0.25, -0.2) is 0 Å². The SMILES string of the molecule is O=C1c2ccccc2-c2onc3c(N4CCCC4)cc(Nc4ccc(Cl)cc4)c1c23. The van der Waals surface area contributed by atoms with Gasteiger partial charge in [-0.15, -0.1) is 0 Å². The predicted octanol–water partition coefficient (Wildman–Crippen LogP) is 6.04. The number of fused-ring (bicyclic) bond motifs is 2. The summed E-state index contributed by atoms with van der Waals surface area (Å²) in [5, 5.41) is 9.32. The molecule has 0 amide bonds. The smallest absolute Gasteiger partial charge is 0.196 e. The number of hydrogen-bond donors (Lipinski definition) is 1. The quantitative estimate of drug-likeness (QED) is 0.389. The zero-order valence-electron chi connectivity index (χ0n) is 16.1. The van der Waals surface area contributed by atoms with Crippen LogP contribution in [0.15, 0.2) is 59.1 Å². The Morgan fingerprint density at radius 3 is 2.50 bits per heavy atom. The molecule has 5 nitrogen and oxygen atoms in total. The first-order chi connectivity index (χ1) is 14.7. The third kappa shape index (κ3) is 2.55. The molecular weight excluding hydrogens is 398 g/mol. The van der Waals surface area contributed by atoms with E-state index in [9.17, 15) is 4.79 Å². The number of nitrogens with one attached hydrogen (secondary N) is 1. The van der Waals surface area contributed by atoms with Crippen molar-refractivity contribution in [3.8, 4) is 11.3 Å². The van der Waals surface area contributed by atoms with E-state index in [-0.39, 0.29) is 5.78 Å².